The van der Waals surface area contributed by atoms with E-state index in [2.05, 4.69) is 29.2 Å². The van der Waals surface area contributed by atoms with Crippen LogP contribution in [0.3, 0.4) is 0 Å². The Kier molecular flexibility index (Phi) is 5.30. The zero-order chi connectivity index (χ0) is 20.5. The summed E-state index contributed by atoms with van der Waals surface area (Å²) in [5, 5.41) is 9.71. The second-order valence-corrected chi connectivity index (χ2v) is 7.97. The highest BCUT2D eigenvalue weighted by atomic mass is 35.5. The molecule has 0 fully saturated rings. The lowest BCUT2D eigenvalue weighted by molar-refractivity contribution is 0.685. The predicted octanol–water partition coefficient (Wildman–Crippen LogP) is 5.44. The van der Waals surface area contributed by atoms with Crippen molar-refractivity contribution in [1.29, 1.82) is 0 Å². The number of nitrogen functional groups attached to an aromatic ring is 1. The van der Waals surface area contributed by atoms with E-state index >= 15 is 0 Å². The number of para-hydroxylation sites is 1. The lowest BCUT2D eigenvalue weighted by Crippen LogP contribution is -2.11. The quantitative estimate of drug-likeness (QED) is 0.443. The first kappa shape index (κ1) is 19.5. The lowest BCUT2D eigenvalue weighted by atomic mass is 10.1. The molecule has 4 rings (SSSR count). The van der Waals surface area contributed by atoms with E-state index in [-0.39, 0.29) is 0 Å². The van der Waals surface area contributed by atoms with Crippen LogP contribution in [0, 0.1) is 5.92 Å². The van der Waals surface area contributed by atoms with Crippen LogP contribution in [0.2, 0.25) is 10.0 Å². The second-order valence-electron chi connectivity index (χ2n) is 7.13. The maximum absolute atomic E-state index is 6.50. The lowest BCUT2D eigenvalue weighted by Gasteiger charge is -2.10. The molecule has 6 nitrogen and oxygen atoms in total. The summed E-state index contributed by atoms with van der Waals surface area (Å²) < 4.78 is 1.60. The van der Waals surface area contributed by atoms with Crippen LogP contribution in [0.1, 0.15) is 13.8 Å². The first-order valence-corrected chi connectivity index (χ1v) is 10.0. The van der Waals surface area contributed by atoms with E-state index in [1.807, 2.05) is 42.5 Å². The van der Waals surface area contributed by atoms with Gasteiger partial charge >= 0.3 is 0 Å². The van der Waals surface area contributed by atoms with Crippen molar-refractivity contribution in [2.75, 3.05) is 17.6 Å². The maximum atomic E-state index is 6.50. The summed E-state index contributed by atoms with van der Waals surface area (Å²) in [6.07, 6.45) is 0. The van der Waals surface area contributed by atoms with Gasteiger partial charge in [0.05, 0.1) is 21.8 Å². The van der Waals surface area contributed by atoms with E-state index in [0.717, 1.165) is 12.1 Å². The molecule has 0 amide bonds. The molecule has 29 heavy (non-hydrogen) atoms. The van der Waals surface area contributed by atoms with Gasteiger partial charge in [0.25, 0.3) is 0 Å². The summed E-state index contributed by atoms with van der Waals surface area (Å²) in [7, 11) is 0. The number of halogens is 2. The Hall–Kier alpha value is -2.83. The first-order valence-electron chi connectivity index (χ1n) is 9.25. The highest BCUT2D eigenvalue weighted by Gasteiger charge is 2.20. The molecule has 0 radical (unpaired) electrons. The molecule has 0 aliphatic carbocycles. The zero-order valence-corrected chi connectivity index (χ0v) is 17.5. The molecule has 4 aromatic rings. The average molecular weight is 427 g/mol. The van der Waals surface area contributed by atoms with Crippen molar-refractivity contribution in [3.63, 3.8) is 0 Å². The van der Waals surface area contributed by atoms with Gasteiger partial charge in [-0.1, -0.05) is 61.3 Å². The van der Waals surface area contributed by atoms with Crippen LogP contribution < -0.4 is 11.1 Å². The summed E-state index contributed by atoms with van der Waals surface area (Å²) in [5.41, 5.74) is 9.16. The molecule has 0 aliphatic heterocycles. The predicted molar refractivity (Wildman–Crippen MR) is 120 cm³/mol. The van der Waals surface area contributed by atoms with Crippen molar-refractivity contribution in [3.8, 4) is 16.9 Å². The van der Waals surface area contributed by atoms with E-state index in [1.54, 1.807) is 10.7 Å². The van der Waals surface area contributed by atoms with Crippen molar-refractivity contribution in [2.45, 2.75) is 13.8 Å². The van der Waals surface area contributed by atoms with Crippen LogP contribution in [-0.4, -0.2) is 26.3 Å². The zero-order valence-electron chi connectivity index (χ0n) is 16.0. The van der Waals surface area contributed by atoms with Gasteiger partial charge in [-0.05, 0) is 30.2 Å². The number of nitrogens with one attached hydrogen (secondary N) is 1. The normalized spacial score (nSPS) is 11.3. The molecule has 0 spiro atoms. The molecule has 2 aromatic heterocycles. The number of hydrogen-bond acceptors (Lipinski definition) is 5. The number of anilines is 2. The van der Waals surface area contributed by atoms with Crippen LogP contribution >= 0.6 is 23.2 Å². The van der Waals surface area contributed by atoms with Crippen molar-refractivity contribution in [3.05, 3.63) is 58.6 Å². The van der Waals surface area contributed by atoms with Crippen LogP contribution in [0.25, 0.3) is 28.0 Å². The number of fused-ring (bicyclic) bond motifs is 1. The Labute approximate surface area is 178 Å². The van der Waals surface area contributed by atoms with Crippen molar-refractivity contribution in [1.82, 2.24) is 19.7 Å². The first-order chi connectivity index (χ1) is 13.9. The van der Waals surface area contributed by atoms with Gasteiger partial charge in [-0.15, -0.1) is 5.10 Å². The van der Waals surface area contributed by atoms with Crippen LogP contribution in [0.15, 0.2) is 48.5 Å². The molecular formula is C21H20Cl2N6. The van der Waals surface area contributed by atoms with Gasteiger partial charge in [0.1, 0.15) is 5.82 Å². The largest absolute Gasteiger partial charge is 0.383 e. The summed E-state index contributed by atoms with van der Waals surface area (Å²) in [4.78, 5) is 9.31. The summed E-state index contributed by atoms with van der Waals surface area (Å²) in [5.74, 6) is 1.35. The molecule has 0 saturated heterocycles. The van der Waals surface area contributed by atoms with E-state index in [0.29, 0.717) is 50.1 Å². The molecule has 2 heterocycles. The molecule has 0 saturated carbocycles. The van der Waals surface area contributed by atoms with Crippen molar-refractivity contribution >= 4 is 46.0 Å². The third-order valence-corrected chi connectivity index (χ3v) is 4.97. The second kappa shape index (κ2) is 7.89. The molecule has 8 heteroatoms. The Morgan fingerprint density at radius 3 is 2.59 bits per heavy atom. The number of hydrogen-bond donors (Lipinski definition) is 2. The van der Waals surface area contributed by atoms with Gasteiger partial charge in [0.2, 0.25) is 5.95 Å². The number of aromatic nitrogens is 4. The number of rotatable bonds is 5. The summed E-state index contributed by atoms with van der Waals surface area (Å²) in [6.45, 7) is 4.97. The van der Waals surface area contributed by atoms with Crippen molar-refractivity contribution in [2.24, 2.45) is 5.92 Å². The molecule has 0 bridgehead atoms. The van der Waals surface area contributed by atoms with E-state index < -0.39 is 0 Å². The molecule has 0 atom stereocenters. The molecule has 2 aromatic carbocycles. The van der Waals surface area contributed by atoms with Crippen LogP contribution in [0.5, 0.6) is 0 Å². The van der Waals surface area contributed by atoms with Gasteiger partial charge in [-0.25, -0.2) is 9.67 Å². The molecule has 0 aliphatic rings. The highest BCUT2D eigenvalue weighted by molar-refractivity contribution is 6.32. The minimum absolute atomic E-state index is 0.415. The van der Waals surface area contributed by atoms with E-state index in [4.69, 9.17) is 33.9 Å². The standard InChI is InChI=1S/C21H20Cl2N6/c1-12(2)11-25-21-26-18(13-6-5-7-14(22)10-13)17-19(24)29(28-20(17)27-21)16-9-4-3-8-15(16)23/h3-10,12H,11,24H2,1-2H3,(H,25,27,28). The third-order valence-electron chi connectivity index (χ3n) is 4.42. The van der Waals surface area contributed by atoms with Crippen molar-refractivity contribution < 1.29 is 0 Å². The fraction of sp³-hybridized carbons (Fsp3) is 0.190. The Morgan fingerprint density at radius 2 is 1.86 bits per heavy atom. The minimum Gasteiger partial charge on any atom is -0.383 e. The summed E-state index contributed by atoms with van der Waals surface area (Å²) >= 11 is 12.6. The topological polar surface area (TPSA) is 81.6 Å². The van der Waals surface area contributed by atoms with Gasteiger partial charge in [-0.3, -0.25) is 0 Å². The number of nitrogens with zero attached hydrogens (tertiary/aromatic N) is 4. The average Bonchev–Trinajstić information content (AvgIpc) is 3.02. The van der Waals surface area contributed by atoms with Gasteiger partial charge in [0, 0.05) is 17.1 Å². The molecule has 3 N–H and O–H groups in total. The number of benzene rings is 2. The van der Waals surface area contributed by atoms with Gasteiger partial charge in [0.15, 0.2) is 5.65 Å². The molecule has 148 valence electrons. The van der Waals surface area contributed by atoms with Gasteiger partial charge in [-0.2, -0.15) is 4.98 Å². The van der Waals surface area contributed by atoms with Gasteiger partial charge < -0.3 is 11.1 Å². The fourth-order valence-corrected chi connectivity index (χ4v) is 3.44. The minimum atomic E-state index is 0.415. The third kappa shape index (κ3) is 3.86. The highest BCUT2D eigenvalue weighted by Crippen LogP contribution is 2.34. The van der Waals surface area contributed by atoms with Crippen LogP contribution in [0.4, 0.5) is 11.8 Å². The van der Waals surface area contributed by atoms with Crippen LogP contribution in [-0.2, 0) is 0 Å². The smallest absolute Gasteiger partial charge is 0.225 e. The molecular weight excluding hydrogens is 407 g/mol. The number of nitrogens with two attached hydrogens (primary N) is 1. The van der Waals surface area contributed by atoms with E-state index in [9.17, 15) is 0 Å². The summed E-state index contributed by atoms with van der Waals surface area (Å²) in [6, 6.07) is 14.9. The monoisotopic (exact) mass is 426 g/mol. The maximum Gasteiger partial charge on any atom is 0.225 e. The SMILES string of the molecule is CC(C)CNc1nc(-c2cccc(Cl)c2)c2c(N)n(-c3ccccc3Cl)nc2n1. The Bertz CT molecular complexity index is 1190. The fourth-order valence-electron chi connectivity index (χ4n) is 3.04. The molecule has 0 unspecified atom stereocenters. The Morgan fingerprint density at radius 1 is 1.07 bits per heavy atom. The Balaban J connectivity index is 1.96. The van der Waals surface area contributed by atoms with E-state index in [1.165, 1.54) is 0 Å².